The Morgan fingerprint density at radius 2 is 1.83 bits per heavy atom. The van der Waals surface area contributed by atoms with Crippen LogP contribution in [-0.4, -0.2) is 48.7 Å². The Balaban J connectivity index is 1.93. The number of halogens is 2. The smallest absolute Gasteiger partial charge is 0.238 e. The van der Waals surface area contributed by atoms with Gasteiger partial charge >= 0.3 is 0 Å². The van der Waals surface area contributed by atoms with E-state index in [2.05, 4.69) is 10.6 Å². The van der Waals surface area contributed by atoms with Gasteiger partial charge in [-0.25, -0.2) is 8.78 Å². The number of rotatable bonds is 5. The van der Waals surface area contributed by atoms with E-state index in [4.69, 9.17) is 9.47 Å². The Morgan fingerprint density at radius 3 is 2.35 bits per heavy atom. The van der Waals surface area contributed by atoms with Crippen LogP contribution in [0.3, 0.4) is 0 Å². The molecule has 3 N–H and O–H groups in total. The van der Waals surface area contributed by atoms with Crippen molar-refractivity contribution in [2.24, 2.45) is 0 Å². The van der Waals surface area contributed by atoms with Crippen LogP contribution in [0.4, 0.5) is 14.5 Å². The first-order valence-electron chi connectivity index (χ1n) is 7.15. The molecule has 1 saturated heterocycles. The Kier molecular flexibility index (Phi) is 5.30. The Labute approximate surface area is 132 Å². The van der Waals surface area contributed by atoms with E-state index in [1.54, 1.807) is 13.8 Å². The molecule has 2 rings (SSSR count). The van der Waals surface area contributed by atoms with Crippen LogP contribution >= 0.6 is 0 Å². The minimum atomic E-state index is -0.944. The molecule has 1 amide bonds. The van der Waals surface area contributed by atoms with E-state index >= 15 is 0 Å². The summed E-state index contributed by atoms with van der Waals surface area (Å²) in [6.07, 6.45) is 0. The van der Waals surface area contributed by atoms with Crippen molar-refractivity contribution < 1.29 is 28.2 Å². The van der Waals surface area contributed by atoms with E-state index in [9.17, 15) is 18.7 Å². The number of hydrogen-bond donors (Lipinski definition) is 3. The summed E-state index contributed by atoms with van der Waals surface area (Å²) < 4.78 is 37.9. The van der Waals surface area contributed by atoms with E-state index in [0.29, 0.717) is 0 Å². The molecule has 1 fully saturated rings. The maximum atomic E-state index is 13.5. The number of benzene rings is 1. The van der Waals surface area contributed by atoms with E-state index in [1.807, 2.05) is 0 Å². The fourth-order valence-corrected chi connectivity index (χ4v) is 2.03. The molecule has 6 nitrogen and oxygen atoms in total. The van der Waals surface area contributed by atoms with Crippen molar-refractivity contribution in [1.29, 1.82) is 0 Å². The van der Waals surface area contributed by atoms with Crippen molar-refractivity contribution in [3.8, 4) is 0 Å². The molecule has 0 aromatic heterocycles. The number of hydrogen-bond acceptors (Lipinski definition) is 5. The van der Waals surface area contributed by atoms with Crippen LogP contribution in [0.25, 0.3) is 0 Å². The highest BCUT2D eigenvalue weighted by Crippen LogP contribution is 2.23. The molecule has 0 spiro atoms. The zero-order valence-corrected chi connectivity index (χ0v) is 13.0. The summed E-state index contributed by atoms with van der Waals surface area (Å²) in [7, 11) is 0. The molecule has 0 aliphatic carbocycles. The normalized spacial score (nSPS) is 19.3. The molecular weight excluding hydrogens is 310 g/mol. The third-order valence-corrected chi connectivity index (χ3v) is 3.55. The second-order valence-electron chi connectivity index (χ2n) is 5.91. The maximum absolute atomic E-state index is 13.5. The molecule has 0 unspecified atom stereocenters. The lowest BCUT2D eigenvalue weighted by atomic mass is 10.0. The van der Waals surface area contributed by atoms with Crippen LogP contribution in [0.15, 0.2) is 18.2 Å². The number of ether oxygens (including phenoxy) is 2. The summed E-state index contributed by atoms with van der Waals surface area (Å²) in [6.45, 7) is 3.17. The monoisotopic (exact) mass is 330 g/mol. The van der Waals surface area contributed by atoms with Crippen molar-refractivity contribution >= 4 is 11.6 Å². The quantitative estimate of drug-likeness (QED) is 0.751. The molecule has 1 aromatic carbocycles. The average molecular weight is 330 g/mol. The molecule has 0 saturated carbocycles. The van der Waals surface area contributed by atoms with Crippen LogP contribution in [0, 0.1) is 11.6 Å². The molecule has 23 heavy (non-hydrogen) atoms. The molecule has 0 bridgehead atoms. The largest absolute Gasteiger partial charge is 0.394 e. The highest BCUT2D eigenvalue weighted by Gasteiger charge is 2.39. The maximum Gasteiger partial charge on any atom is 0.238 e. The number of carbonyl (C=O) groups excluding carboxylic acids is 1. The lowest BCUT2D eigenvalue weighted by Gasteiger charge is -2.42. The first-order valence-corrected chi connectivity index (χ1v) is 7.15. The number of nitrogens with one attached hydrogen (secondary N) is 2. The van der Waals surface area contributed by atoms with Gasteiger partial charge in [0.15, 0.2) is 5.79 Å². The zero-order valence-electron chi connectivity index (χ0n) is 13.0. The van der Waals surface area contributed by atoms with E-state index in [0.717, 1.165) is 12.1 Å². The van der Waals surface area contributed by atoms with Gasteiger partial charge in [-0.05, 0) is 26.0 Å². The van der Waals surface area contributed by atoms with Gasteiger partial charge in [-0.1, -0.05) is 6.07 Å². The second-order valence-corrected chi connectivity index (χ2v) is 5.91. The summed E-state index contributed by atoms with van der Waals surface area (Å²) in [5.74, 6) is -3.13. The molecule has 0 radical (unpaired) electrons. The summed E-state index contributed by atoms with van der Waals surface area (Å²) in [4.78, 5) is 11.9. The molecule has 1 aliphatic heterocycles. The van der Waals surface area contributed by atoms with Crippen LogP contribution in [0.5, 0.6) is 0 Å². The Morgan fingerprint density at radius 1 is 1.26 bits per heavy atom. The van der Waals surface area contributed by atoms with Crippen molar-refractivity contribution in [2.75, 3.05) is 31.7 Å². The highest BCUT2D eigenvalue weighted by molar-refractivity contribution is 5.92. The van der Waals surface area contributed by atoms with Crippen LogP contribution in [0.2, 0.25) is 0 Å². The number of aliphatic hydroxyl groups excluding tert-OH is 1. The lowest BCUT2D eigenvalue weighted by molar-refractivity contribution is -0.274. The average Bonchev–Trinajstić information content (AvgIpc) is 2.51. The van der Waals surface area contributed by atoms with Gasteiger partial charge in [-0.3, -0.25) is 10.1 Å². The van der Waals surface area contributed by atoms with Gasteiger partial charge in [0, 0.05) is 0 Å². The van der Waals surface area contributed by atoms with Crippen molar-refractivity contribution in [2.45, 2.75) is 25.2 Å². The molecule has 128 valence electrons. The summed E-state index contributed by atoms with van der Waals surface area (Å²) >= 11 is 0. The predicted molar refractivity (Wildman–Crippen MR) is 78.8 cm³/mol. The molecule has 1 aliphatic rings. The first kappa shape index (κ1) is 17.7. The van der Waals surface area contributed by atoms with Gasteiger partial charge in [-0.15, -0.1) is 0 Å². The molecule has 8 heteroatoms. The second kappa shape index (κ2) is 6.88. The van der Waals surface area contributed by atoms with E-state index in [-0.39, 0.29) is 26.4 Å². The van der Waals surface area contributed by atoms with Crippen molar-refractivity contribution in [1.82, 2.24) is 5.32 Å². The Bertz CT molecular complexity index is 550. The number of carbonyl (C=O) groups is 1. The van der Waals surface area contributed by atoms with Gasteiger partial charge in [-0.2, -0.15) is 0 Å². The van der Waals surface area contributed by atoms with E-state index in [1.165, 1.54) is 6.07 Å². The van der Waals surface area contributed by atoms with Crippen LogP contribution in [-0.2, 0) is 14.3 Å². The third kappa shape index (κ3) is 4.44. The van der Waals surface area contributed by atoms with Gasteiger partial charge in [0.05, 0.1) is 31.9 Å². The van der Waals surface area contributed by atoms with Crippen molar-refractivity contribution in [3.05, 3.63) is 29.8 Å². The van der Waals surface area contributed by atoms with Crippen LogP contribution in [0.1, 0.15) is 13.8 Å². The van der Waals surface area contributed by atoms with Gasteiger partial charge in [0.25, 0.3) is 0 Å². The summed E-state index contributed by atoms with van der Waals surface area (Å²) in [5, 5.41) is 14.5. The number of aliphatic hydroxyl groups is 1. The summed E-state index contributed by atoms with van der Waals surface area (Å²) in [6, 6.07) is 3.30. The number of anilines is 1. The topological polar surface area (TPSA) is 79.8 Å². The van der Waals surface area contributed by atoms with Crippen LogP contribution < -0.4 is 10.6 Å². The molecule has 1 heterocycles. The SMILES string of the molecule is CC1(C)OCC(CO)(NCC(=O)Nc2c(F)cccc2F)CO1. The number of amides is 1. The first-order chi connectivity index (χ1) is 10.8. The molecule has 0 atom stereocenters. The Hall–Kier alpha value is -1.61. The number of para-hydroxylation sites is 1. The summed E-state index contributed by atoms with van der Waals surface area (Å²) in [5.41, 5.74) is -1.45. The fourth-order valence-electron chi connectivity index (χ4n) is 2.03. The van der Waals surface area contributed by atoms with Gasteiger partial charge < -0.3 is 19.9 Å². The van der Waals surface area contributed by atoms with Gasteiger partial charge in [0.2, 0.25) is 5.91 Å². The predicted octanol–water partition coefficient (Wildman–Crippen LogP) is 1.01. The zero-order chi connectivity index (χ0) is 17.1. The highest BCUT2D eigenvalue weighted by atomic mass is 19.1. The fraction of sp³-hybridized carbons (Fsp3) is 0.533. The lowest BCUT2D eigenvalue weighted by Crippen LogP contribution is -2.62. The standard InChI is InChI=1S/C15H20F2N2O4/c1-14(2)22-8-15(7-20,9-23-14)18-6-12(21)19-13-10(16)4-3-5-11(13)17/h3-5,18,20H,6-9H2,1-2H3,(H,19,21). The van der Waals surface area contributed by atoms with Crippen molar-refractivity contribution in [3.63, 3.8) is 0 Å². The van der Waals surface area contributed by atoms with Gasteiger partial charge in [0.1, 0.15) is 17.3 Å². The molecular formula is C15H20F2N2O4. The minimum absolute atomic E-state index is 0.137. The third-order valence-electron chi connectivity index (χ3n) is 3.55. The minimum Gasteiger partial charge on any atom is -0.394 e. The van der Waals surface area contributed by atoms with E-state index < -0.39 is 34.6 Å². The molecule has 1 aromatic rings.